The Morgan fingerprint density at radius 1 is 1.17 bits per heavy atom. The summed E-state index contributed by atoms with van der Waals surface area (Å²) in [5, 5.41) is 3.62. The maximum absolute atomic E-state index is 13.1. The van der Waals surface area contributed by atoms with Crippen LogP contribution < -0.4 is 5.32 Å². The van der Waals surface area contributed by atoms with Crippen molar-refractivity contribution in [2.75, 3.05) is 25.4 Å². The van der Waals surface area contributed by atoms with E-state index in [1.807, 2.05) is 24.3 Å². The van der Waals surface area contributed by atoms with Crippen molar-refractivity contribution in [2.45, 2.75) is 23.5 Å². The van der Waals surface area contributed by atoms with Gasteiger partial charge in [0.1, 0.15) is 5.82 Å². The van der Waals surface area contributed by atoms with Crippen LogP contribution in [0.25, 0.3) is 0 Å². The zero-order valence-electron chi connectivity index (χ0n) is 16.4. The Morgan fingerprint density at radius 3 is 2.57 bits per heavy atom. The summed E-state index contributed by atoms with van der Waals surface area (Å²) in [6.45, 7) is 1.03. The van der Waals surface area contributed by atoms with E-state index in [-0.39, 0.29) is 23.3 Å². The van der Waals surface area contributed by atoms with Crippen LogP contribution in [0, 0.1) is 11.7 Å². The molecule has 0 spiro atoms. The summed E-state index contributed by atoms with van der Waals surface area (Å²) >= 11 is 7.58. The van der Waals surface area contributed by atoms with Crippen molar-refractivity contribution in [3.05, 3.63) is 64.9 Å². The van der Waals surface area contributed by atoms with E-state index < -0.39 is 15.8 Å². The smallest absolute Gasteiger partial charge is 0.243 e. The minimum atomic E-state index is -3.73. The molecule has 1 saturated heterocycles. The second kappa shape index (κ2) is 10.6. The van der Waals surface area contributed by atoms with Gasteiger partial charge in [-0.1, -0.05) is 23.7 Å². The first-order valence-electron chi connectivity index (χ1n) is 9.72. The number of carbonyl (C=O) groups excluding carboxylic acids is 1. The number of carbonyl (C=O) groups is 1. The van der Waals surface area contributed by atoms with Crippen molar-refractivity contribution in [2.24, 2.45) is 5.92 Å². The molecule has 5 nitrogen and oxygen atoms in total. The summed E-state index contributed by atoms with van der Waals surface area (Å²) in [5.74, 6) is 0.605. The first-order chi connectivity index (χ1) is 14.4. The van der Waals surface area contributed by atoms with Gasteiger partial charge in [0.25, 0.3) is 0 Å². The minimum absolute atomic E-state index is 0.0450. The van der Waals surface area contributed by atoms with Crippen LogP contribution in [0.4, 0.5) is 4.39 Å². The number of benzene rings is 2. The van der Waals surface area contributed by atoms with Gasteiger partial charge in [-0.3, -0.25) is 4.79 Å². The van der Waals surface area contributed by atoms with Crippen molar-refractivity contribution in [3.8, 4) is 0 Å². The van der Waals surface area contributed by atoms with Gasteiger partial charge in [0, 0.05) is 36.2 Å². The average molecular weight is 471 g/mol. The molecule has 30 heavy (non-hydrogen) atoms. The third kappa shape index (κ3) is 6.20. The molecule has 0 saturated carbocycles. The first-order valence-corrected chi connectivity index (χ1v) is 12.7. The lowest BCUT2D eigenvalue weighted by Gasteiger charge is -2.31. The fourth-order valence-corrected chi connectivity index (χ4v) is 5.76. The molecule has 2 aromatic carbocycles. The second-order valence-electron chi connectivity index (χ2n) is 7.13. The van der Waals surface area contributed by atoms with Crippen LogP contribution >= 0.6 is 23.4 Å². The van der Waals surface area contributed by atoms with Gasteiger partial charge in [-0.25, -0.2) is 12.8 Å². The molecule has 1 heterocycles. The molecule has 0 aliphatic carbocycles. The molecule has 1 N–H and O–H groups in total. The summed E-state index contributed by atoms with van der Waals surface area (Å²) in [5.41, 5.74) is 1.17. The zero-order chi connectivity index (χ0) is 21.6. The number of halogens is 2. The number of sulfonamides is 1. The summed E-state index contributed by atoms with van der Waals surface area (Å²) in [6, 6.07) is 12.4. The molecule has 3 rings (SSSR count). The number of nitrogens with zero attached hydrogens (tertiary/aromatic N) is 1. The number of thioether (sulfide) groups is 1. The highest BCUT2D eigenvalue weighted by Gasteiger charge is 2.33. The maximum Gasteiger partial charge on any atom is 0.243 e. The number of hydrogen-bond donors (Lipinski definition) is 1. The van der Waals surface area contributed by atoms with Gasteiger partial charge in [-0.05, 0) is 54.8 Å². The van der Waals surface area contributed by atoms with Crippen LogP contribution in [-0.4, -0.2) is 44.0 Å². The number of hydrogen-bond acceptors (Lipinski definition) is 4. The molecule has 1 aliphatic heterocycles. The molecule has 162 valence electrons. The predicted molar refractivity (Wildman–Crippen MR) is 119 cm³/mol. The van der Waals surface area contributed by atoms with Crippen LogP contribution in [-0.2, 0) is 20.6 Å². The van der Waals surface area contributed by atoms with Crippen LogP contribution in [0.3, 0.4) is 0 Å². The van der Waals surface area contributed by atoms with Gasteiger partial charge in [0.15, 0.2) is 0 Å². The number of nitrogens with one attached hydrogen (secondary N) is 1. The van der Waals surface area contributed by atoms with Crippen molar-refractivity contribution in [1.29, 1.82) is 0 Å². The molecule has 9 heteroatoms. The van der Waals surface area contributed by atoms with Crippen LogP contribution in [0.5, 0.6) is 0 Å². The number of rotatable bonds is 8. The Morgan fingerprint density at radius 2 is 1.87 bits per heavy atom. The van der Waals surface area contributed by atoms with Crippen molar-refractivity contribution in [3.63, 3.8) is 0 Å². The molecule has 0 radical (unpaired) electrons. The van der Waals surface area contributed by atoms with Crippen molar-refractivity contribution in [1.82, 2.24) is 9.62 Å². The van der Waals surface area contributed by atoms with Gasteiger partial charge in [0.05, 0.1) is 10.8 Å². The van der Waals surface area contributed by atoms with E-state index in [9.17, 15) is 17.6 Å². The van der Waals surface area contributed by atoms with Gasteiger partial charge < -0.3 is 5.32 Å². The first kappa shape index (κ1) is 23.1. The molecule has 2 aromatic rings. The van der Waals surface area contributed by atoms with E-state index in [0.29, 0.717) is 31.0 Å². The van der Waals surface area contributed by atoms with Gasteiger partial charge in [-0.2, -0.15) is 16.1 Å². The summed E-state index contributed by atoms with van der Waals surface area (Å²) < 4.78 is 40.0. The minimum Gasteiger partial charge on any atom is -0.355 e. The fourth-order valence-electron chi connectivity index (χ4n) is 3.29. The Balaban J connectivity index is 1.45. The van der Waals surface area contributed by atoms with Crippen LogP contribution in [0.1, 0.15) is 18.4 Å². The average Bonchev–Trinajstić information content (AvgIpc) is 2.75. The van der Waals surface area contributed by atoms with Gasteiger partial charge in [0.2, 0.25) is 15.9 Å². The highest BCUT2D eigenvalue weighted by molar-refractivity contribution is 7.98. The van der Waals surface area contributed by atoms with E-state index in [1.54, 1.807) is 11.8 Å². The Labute approximate surface area is 186 Å². The summed E-state index contributed by atoms with van der Waals surface area (Å²) in [6.07, 6.45) is 1.27. The standard InChI is InChI=1S/C21H24ClFN2O3S2/c22-18-5-3-16(4-6-18)15-29-13-11-24-21(26)17-2-1-12-25(14-17)30(27,28)20-9-7-19(23)8-10-20/h3-10,17H,1-2,11-15H2,(H,24,26)/t17-/m1/s1. The SMILES string of the molecule is O=C(NCCSCc1ccc(Cl)cc1)[C@@H]1CCCN(S(=O)(=O)c2ccc(F)cc2)C1. The predicted octanol–water partition coefficient (Wildman–Crippen LogP) is 3.93. The molecule has 0 aromatic heterocycles. The molecule has 0 bridgehead atoms. The van der Waals surface area contributed by atoms with Gasteiger partial charge in [-0.15, -0.1) is 0 Å². The lowest BCUT2D eigenvalue weighted by molar-refractivity contribution is -0.125. The highest BCUT2D eigenvalue weighted by atomic mass is 35.5. The third-order valence-electron chi connectivity index (χ3n) is 4.93. The Bertz CT molecular complexity index is 953. The molecule has 1 atom stereocenters. The molecular formula is C21H24ClFN2O3S2. The normalized spacial score (nSPS) is 17.6. The van der Waals surface area contributed by atoms with Crippen LogP contribution in [0.2, 0.25) is 5.02 Å². The molecular weight excluding hydrogens is 447 g/mol. The molecule has 1 aliphatic rings. The fraction of sp³-hybridized carbons (Fsp3) is 0.381. The largest absolute Gasteiger partial charge is 0.355 e. The highest BCUT2D eigenvalue weighted by Crippen LogP contribution is 2.24. The summed E-state index contributed by atoms with van der Waals surface area (Å²) in [4.78, 5) is 12.6. The number of piperidine rings is 1. The Hall–Kier alpha value is -1.61. The van der Waals surface area contributed by atoms with E-state index in [0.717, 1.165) is 23.6 Å². The van der Waals surface area contributed by atoms with E-state index in [2.05, 4.69) is 5.32 Å². The lowest BCUT2D eigenvalue weighted by atomic mass is 9.99. The van der Waals surface area contributed by atoms with Crippen LogP contribution in [0.15, 0.2) is 53.4 Å². The molecule has 1 amide bonds. The third-order valence-corrected chi connectivity index (χ3v) is 8.10. The molecule has 1 fully saturated rings. The van der Waals surface area contributed by atoms with E-state index in [1.165, 1.54) is 22.0 Å². The van der Waals surface area contributed by atoms with E-state index in [4.69, 9.17) is 11.6 Å². The van der Waals surface area contributed by atoms with E-state index >= 15 is 0 Å². The van der Waals surface area contributed by atoms with Crippen molar-refractivity contribution < 1.29 is 17.6 Å². The zero-order valence-corrected chi connectivity index (χ0v) is 18.8. The second-order valence-corrected chi connectivity index (χ2v) is 10.6. The quantitative estimate of drug-likeness (QED) is 0.593. The Kier molecular flexibility index (Phi) is 8.16. The lowest BCUT2D eigenvalue weighted by Crippen LogP contribution is -2.45. The van der Waals surface area contributed by atoms with Gasteiger partial charge >= 0.3 is 0 Å². The summed E-state index contributed by atoms with van der Waals surface area (Å²) in [7, 11) is -3.73. The maximum atomic E-state index is 13.1. The van der Waals surface area contributed by atoms with Crippen molar-refractivity contribution >= 4 is 39.3 Å². The molecule has 0 unspecified atom stereocenters. The monoisotopic (exact) mass is 470 g/mol. The topological polar surface area (TPSA) is 66.5 Å². The number of amides is 1.